The monoisotopic (exact) mass is 253 g/mol. The van der Waals surface area contributed by atoms with Gasteiger partial charge in [-0.25, -0.2) is 4.79 Å². The summed E-state index contributed by atoms with van der Waals surface area (Å²) < 4.78 is 10.3. The van der Waals surface area contributed by atoms with E-state index in [1.54, 1.807) is 0 Å². The highest BCUT2D eigenvalue weighted by Gasteiger charge is 2.30. The topological polar surface area (TPSA) is 88.7 Å². The van der Waals surface area contributed by atoms with Crippen molar-refractivity contribution in [2.75, 3.05) is 19.7 Å². The van der Waals surface area contributed by atoms with Crippen LogP contribution in [0.3, 0.4) is 0 Å². The minimum absolute atomic E-state index is 0.358. The van der Waals surface area contributed by atoms with Gasteiger partial charge in [0.1, 0.15) is 0 Å². The van der Waals surface area contributed by atoms with Crippen molar-refractivity contribution in [2.45, 2.75) is 31.4 Å². The summed E-state index contributed by atoms with van der Waals surface area (Å²) >= 11 is 0. The average molecular weight is 253 g/mol. The molecule has 1 unspecified atom stereocenters. The second-order valence-corrected chi connectivity index (χ2v) is 4.75. The normalized spacial score (nSPS) is 25.2. The van der Waals surface area contributed by atoms with Crippen LogP contribution in [0.25, 0.3) is 0 Å². The van der Waals surface area contributed by atoms with Crippen molar-refractivity contribution in [3.8, 4) is 0 Å². The molecular formula is C11H15N3O4. The molecule has 1 aliphatic heterocycles. The van der Waals surface area contributed by atoms with Crippen LogP contribution in [0.4, 0.5) is 0 Å². The second kappa shape index (κ2) is 4.66. The van der Waals surface area contributed by atoms with Crippen molar-refractivity contribution in [3.63, 3.8) is 0 Å². The van der Waals surface area contributed by atoms with Gasteiger partial charge in [0, 0.05) is 19.0 Å². The Labute approximate surface area is 104 Å². The number of hydrogen-bond donors (Lipinski definition) is 1. The van der Waals surface area contributed by atoms with E-state index in [1.807, 2.05) is 4.90 Å². The molecule has 0 amide bonds. The predicted molar refractivity (Wildman–Crippen MR) is 58.9 cm³/mol. The first-order chi connectivity index (χ1) is 8.72. The number of carbonyl (C=O) groups is 1. The van der Waals surface area contributed by atoms with Gasteiger partial charge in [-0.2, -0.15) is 4.98 Å². The minimum atomic E-state index is -0.927. The highest BCUT2D eigenvalue weighted by atomic mass is 16.5. The van der Waals surface area contributed by atoms with Crippen LogP contribution in [-0.4, -0.2) is 51.9 Å². The third kappa shape index (κ3) is 2.51. The number of aliphatic carboxylic acids is 1. The van der Waals surface area contributed by atoms with Crippen molar-refractivity contribution in [2.24, 2.45) is 0 Å². The summed E-state index contributed by atoms with van der Waals surface area (Å²) in [5, 5.41) is 12.8. The molecule has 98 valence electrons. The molecule has 0 bridgehead atoms. The van der Waals surface area contributed by atoms with Crippen molar-refractivity contribution in [3.05, 3.63) is 11.7 Å². The van der Waals surface area contributed by atoms with Crippen LogP contribution in [0, 0.1) is 0 Å². The molecule has 1 saturated heterocycles. The lowest BCUT2D eigenvalue weighted by Crippen LogP contribution is -2.45. The molecule has 2 fully saturated rings. The van der Waals surface area contributed by atoms with Gasteiger partial charge in [0.25, 0.3) is 0 Å². The van der Waals surface area contributed by atoms with Gasteiger partial charge < -0.3 is 14.4 Å². The van der Waals surface area contributed by atoms with Crippen molar-refractivity contribution in [1.29, 1.82) is 0 Å². The summed E-state index contributed by atoms with van der Waals surface area (Å²) in [6.45, 7) is 1.95. The molecule has 7 nitrogen and oxygen atoms in total. The van der Waals surface area contributed by atoms with Gasteiger partial charge in [-0.05, 0) is 12.8 Å². The van der Waals surface area contributed by atoms with Crippen LogP contribution >= 0.6 is 0 Å². The van der Waals surface area contributed by atoms with Gasteiger partial charge in [-0.3, -0.25) is 4.90 Å². The summed E-state index contributed by atoms with van der Waals surface area (Å²) in [6, 6.07) is 0. The SMILES string of the molecule is O=C(O)C1CN(Cc2nc(C3CC3)no2)CCO1. The summed E-state index contributed by atoms with van der Waals surface area (Å²) in [5.41, 5.74) is 0. The van der Waals surface area contributed by atoms with E-state index < -0.39 is 12.1 Å². The number of hydrogen-bond acceptors (Lipinski definition) is 6. The molecule has 2 heterocycles. The molecule has 7 heteroatoms. The molecule has 1 aliphatic carbocycles. The molecule has 1 aromatic rings. The molecule has 1 N–H and O–H groups in total. The third-order valence-electron chi connectivity index (χ3n) is 3.21. The van der Waals surface area contributed by atoms with E-state index in [4.69, 9.17) is 14.4 Å². The molecule has 18 heavy (non-hydrogen) atoms. The molecule has 1 aromatic heterocycles. The van der Waals surface area contributed by atoms with Crippen molar-refractivity contribution < 1.29 is 19.2 Å². The quantitative estimate of drug-likeness (QED) is 0.821. The van der Waals surface area contributed by atoms with E-state index in [0.29, 0.717) is 38.0 Å². The molecule has 2 aliphatic rings. The first-order valence-electron chi connectivity index (χ1n) is 6.11. The highest BCUT2D eigenvalue weighted by Crippen LogP contribution is 2.38. The standard InChI is InChI=1S/C11H15N3O4/c15-11(16)8-5-14(3-4-17-8)6-9-12-10(13-18-9)7-1-2-7/h7-8H,1-6H2,(H,15,16). The highest BCUT2D eigenvalue weighted by molar-refractivity contribution is 5.72. The lowest BCUT2D eigenvalue weighted by Gasteiger charge is -2.29. The largest absolute Gasteiger partial charge is 0.479 e. The zero-order valence-corrected chi connectivity index (χ0v) is 9.91. The van der Waals surface area contributed by atoms with Crippen LogP contribution < -0.4 is 0 Å². The fraction of sp³-hybridized carbons (Fsp3) is 0.727. The zero-order chi connectivity index (χ0) is 12.5. The number of morpholine rings is 1. The van der Waals surface area contributed by atoms with E-state index >= 15 is 0 Å². The zero-order valence-electron chi connectivity index (χ0n) is 9.91. The van der Waals surface area contributed by atoms with E-state index in [0.717, 1.165) is 18.7 Å². The molecule has 0 aromatic carbocycles. The summed E-state index contributed by atoms with van der Waals surface area (Å²) in [7, 11) is 0. The Hall–Kier alpha value is -1.47. The molecule has 3 rings (SSSR count). The first kappa shape index (κ1) is 11.6. The van der Waals surface area contributed by atoms with Gasteiger partial charge >= 0.3 is 5.97 Å². The fourth-order valence-electron chi connectivity index (χ4n) is 2.03. The smallest absolute Gasteiger partial charge is 0.334 e. The van der Waals surface area contributed by atoms with Crippen LogP contribution in [-0.2, 0) is 16.1 Å². The summed E-state index contributed by atoms with van der Waals surface area (Å²) in [4.78, 5) is 17.1. The number of ether oxygens (including phenoxy) is 1. The maximum absolute atomic E-state index is 10.9. The number of carboxylic acid groups (broad SMARTS) is 1. The maximum Gasteiger partial charge on any atom is 0.334 e. The lowest BCUT2D eigenvalue weighted by atomic mass is 10.3. The molecule has 1 atom stereocenters. The number of carboxylic acids is 1. The van der Waals surface area contributed by atoms with Crippen LogP contribution in [0.1, 0.15) is 30.5 Å². The second-order valence-electron chi connectivity index (χ2n) is 4.75. The van der Waals surface area contributed by atoms with Crippen LogP contribution in [0.5, 0.6) is 0 Å². The van der Waals surface area contributed by atoms with Gasteiger partial charge in [0.05, 0.1) is 13.2 Å². The lowest BCUT2D eigenvalue weighted by molar-refractivity contribution is -0.156. The van der Waals surface area contributed by atoms with Crippen molar-refractivity contribution >= 4 is 5.97 Å². The van der Waals surface area contributed by atoms with E-state index in [9.17, 15) is 4.79 Å². The maximum atomic E-state index is 10.9. The summed E-state index contributed by atoms with van der Waals surface area (Å²) in [6.07, 6.45) is 1.51. The molecule has 0 radical (unpaired) electrons. The Morgan fingerprint density at radius 1 is 1.50 bits per heavy atom. The third-order valence-corrected chi connectivity index (χ3v) is 3.21. The Balaban J connectivity index is 1.59. The minimum Gasteiger partial charge on any atom is -0.479 e. The predicted octanol–water partition coefficient (Wildman–Crippen LogP) is 0.232. The first-order valence-corrected chi connectivity index (χ1v) is 6.11. The van der Waals surface area contributed by atoms with Gasteiger partial charge in [0.2, 0.25) is 5.89 Å². The van der Waals surface area contributed by atoms with Crippen LogP contribution in [0.2, 0.25) is 0 Å². The van der Waals surface area contributed by atoms with E-state index in [2.05, 4.69) is 10.1 Å². The number of rotatable bonds is 4. The Kier molecular flexibility index (Phi) is 3.00. The Bertz CT molecular complexity index is 443. The fourth-order valence-corrected chi connectivity index (χ4v) is 2.03. The molecular weight excluding hydrogens is 238 g/mol. The average Bonchev–Trinajstić information content (AvgIpc) is 3.11. The Morgan fingerprint density at radius 3 is 3.06 bits per heavy atom. The summed E-state index contributed by atoms with van der Waals surface area (Å²) in [5.74, 6) is 0.888. The van der Waals surface area contributed by atoms with E-state index in [-0.39, 0.29) is 0 Å². The van der Waals surface area contributed by atoms with Crippen LogP contribution in [0.15, 0.2) is 4.52 Å². The van der Waals surface area contributed by atoms with Gasteiger partial charge in [-0.1, -0.05) is 5.16 Å². The molecule has 1 saturated carbocycles. The number of aromatic nitrogens is 2. The number of nitrogens with zero attached hydrogens (tertiary/aromatic N) is 3. The Morgan fingerprint density at radius 2 is 2.33 bits per heavy atom. The van der Waals surface area contributed by atoms with Crippen molar-refractivity contribution in [1.82, 2.24) is 15.0 Å². The van der Waals surface area contributed by atoms with Gasteiger partial charge in [-0.15, -0.1) is 0 Å². The van der Waals surface area contributed by atoms with E-state index in [1.165, 1.54) is 0 Å². The van der Waals surface area contributed by atoms with Gasteiger partial charge in [0.15, 0.2) is 11.9 Å². The molecule has 0 spiro atoms.